The van der Waals surface area contributed by atoms with Crippen molar-refractivity contribution in [1.82, 2.24) is 0 Å². The molecule has 1 unspecified atom stereocenters. The van der Waals surface area contributed by atoms with E-state index in [-0.39, 0.29) is 11.8 Å². The molecule has 1 aromatic rings. The van der Waals surface area contributed by atoms with E-state index in [9.17, 15) is 4.79 Å². The van der Waals surface area contributed by atoms with E-state index in [4.69, 9.17) is 10.5 Å². The summed E-state index contributed by atoms with van der Waals surface area (Å²) < 4.78 is 5.09. The minimum absolute atomic E-state index is 0.166. The van der Waals surface area contributed by atoms with Crippen LogP contribution in [0.15, 0.2) is 24.3 Å². The molecule has 3 nitrogen and oxygen atoms in total. The van der Waals surface area contributed by atoms with Gasteiger partial charge in [0.05, 0.1) is 13.2 Å². The molecule has 0 aliphatic heterocycles. The number of benzene rings is 1. The van der Waals surface area contributed by atoms with Crippen molar-refractivity contribution in [2.75, 3.05) is 7.11 Å². The van der Waals surface area contributed by atoms with E-state index in [0.29, 0.717) is 6.42 Å². The molecule has 0 saturated carbocycles. The average Bonchev–Trinajstić information content (AvgIpc) is 2.42. The third kappa shape index (κ3) is 4.88. The number of unbranched alkanes of at least 4 members (excludes halogenated alkanes) is 1. The number of hydrogen-bond donors (Lipinski definition) is 1. The van der Waals surface area contributed by atoms with Crippen LogP contribution in [-0.4, -0.2) is 18.9 Å². The van der Waals surface area contributed by atoms with E-state index in [1.165, 1.54) is 0 Å². The zero-order valence-corrected chi connectivity index (χ0v) is 11.3. The summed E-state index contributed by atoms with van der Waals surface area (Å²) in [5.41, 5.74) is 6.99. The SMILES string of the molecule is CCCCC(N)C(=O)CCc1ccc(OC)cc1. The van der Waals surface area contributed by atoms with Gasteiger partial charge in [0.2, 0.25) is 0 Å². The van der Waals surface area contributed by atoms with Crippen LogP contribution < -0.4 is 10.5 Å². The summed E-state index contributed by atoms with van der Waals surface area (Å²) in [5.74, 6) is 1.00. The van der Waals surface area contributed by atoms with Crippen LogP contribution in [-0.2, 0) is 11.2 Å². The van der Waals surface area contributed by atoms with E-state index in [2.05, 4.69) is 6.92 Å². The first kappa shape index (κ1) is 14.7. The zero-order chi connectivity index (χ0) is 13.4. The molecule has 0 amide bonds. The van der Waals surface area contributed by atoms with Gasteiger partial charge in [-0.1, -0.05) is 31.9 Å². The van der Waals surface area contributed by atoms with Crippen molar-refractivity contribution in [3.63, 3.8) is 0 Å². The molecule has 2 N–H and O–H groups in total. The smallest absolute Gasteiger partial charge is 0.149 e. The highest BCUT2D eigenvalue weighted by Gasteiger charge is 2.12. The van der Waals surface area contributed by atoms with Crippen LogP contribution in [0.2, 0.25) is 0 Å². The largest absolute Gasteiger partial charge is 0.497 e. The molecule has 0 aliphatic rings. The number of ether oxygens (including phenoxy) is 1. The Morgan fingerprint density at radius 1 is 1.33 bits per heavy atom. The van der Waals surface area contributed by atoms with E-state index >= 15 is 0 Å². The Morgan fingerprint density at radius 3 is 2.56 bits per heavy atom. The number of nitrogens with two attached hydrogens (primary N) is 1. The van der Waals surface area contributed by atoms with Crippen LogP contribution in [0, 0.1) is 0 Å². The first-order chi connectivity index (χ1) is 8.67. The lowest BCUT2D eigenvalue weighted by atomic mass is 10.0. The molecule has 0 aliphatic carbocycles. The van der Waals surface area contributed by atoms with Crippen molar-refractivity contribution < 1.29 is 9.53 Å². The topological polar surface area (TPSA) is 52.3 Å². The van der Waals surface area contributed by atoms with Gasteiger partial charge >= 0.3 is 0 Å². The number of aryl methyl sites for hydroxylation is 1. The maximum absolute atomic E-state index is 11.8. The fraction of sp³-hybridized carbons (Fsp3) is 0.533. The molecule has 0 saturated heterocycles. The second-order valence-corrected chi connectivity index (χ2v) is 4.56. The lowest BCUT2D eigenvalue weighted by molar-refractivity contribution is -0.120. The normalized spacial score (nSPS) is 12.2. The van der Waals surface area contributed by atoms with Crippen LogP contribution in [0.4, 0.5) is 0 Å². The minimum atomic E-state index is -0.289. The highest BCUT2D eigenvalue weighted by molar-refractivity contribution is 5.83. The summed E-state index contributed by atoms with van der Waals surface area (Å²) in [6.07, 6.45) is 4.19. The van der Waals surface area contributed by atoms with Gasteiger partial charge in [-0.05, 0) is 30.5 Å². The van der Waals surface area contributed by atoms with Crippen molar-refractivity contribution in [2.45, 2.75) is 45.1 Å². The van der Waals surface area contributed by atoms with E-state index < -0.39 is 0 Å². The number of carbonyl (C=O) groups is 1. The van der Waals surface area contributed by atoms with Crippen molar-refractivity contribution in [1.29, 1.82) is 0 Å². The minimum Gasteiger partial charge on any atom is -0.497 e. The second kappa shape index (κ2) is 7.88. The molecule has 0 aromatic heterocycles. The summed E-state index contributed by atoms with van der Waals surface area (Å²) in [4.78, 5) is 11.8. The predicted octanol–water partition coefficient (Wildman–Crippen LogP) is 2.71. The van der Waals surface area contributed by atoms with Crippen molar-refractivity contribution in [2.24, 2.45) is 5.73 Å². The molecule has 0 fully saturated rings. The van der Waals surface area contributed by atoms with Crippen LogP contribution in [0.3, 0.4) is 0 Å². The number of ketones is 1. The quantitative estimate of drug-likeness (QED) is 0.770. The van der Waals surface area contributed by atoms with Gasteiger partial charge in [0.1, 0.15) is 11.5 Å². The van der Waals surface area contributed by atoms with Gasteiger partial charge in [0, 0.05) is 6.42 Å². The number of methoxy groups -OCH3 is 1. The Kier molecular flexibility index (Phi) is 6.44. The second-order valence-electron chi connectivity index (χ2n) is 4.56. The molecule has 1 rings (SSSR count). The molecule has 3 heteroatoms. The third-order valence-electron chi connectivity index (χ3n) is 3.10. The van der Waals surface area contributed by atoms with Gasteiger partial charge < -0.3 is 10.5 Å². The van der Waals surface area contributed by atoms with Gasteiger partial charge in [0.25, 0.3) is 0 Å². The maximum atomic E-state index is 11.8. The fourth-order valence-electron chi connectivity index (χ4n) is 1.83. The molecule has 0 heterocycles. The summed E-state index contributed by atoms with van der Waals surface area (Å²) in [6, 6.07) is 7.52. The fourth-order valence-corrected chi connectivity index (χ4v) is 1.83. The molecule has 0 bridgehead atoms. The average molecular weight is 249 g/mol. The van der Waals surface area contributed by atoms with Gasteiger partial charge in [-0.3, -0.25) is 4.79 Å². The summed E-state index contributed by atoms with van der Waals surface area (Å²) in [5, 5.41) is 0. The van der Waals surface area contributed by atoms with Gasteiger partial charge in [0.15, 0.2) is 0 Å². The molecular formula is C15H23NO2. The van der Waals surface area contributed by atoms with Gasteiger partial charge in [-0.25, -0.2) is 0 Å². The van der Waals surface area contributed by atoms with E-state index in [1.54, 1.807) is 7.11 Å². The van der Waals surface area contributed by atoms with E-state index in [1.807, 2.05) is 24.3 Å². The van der Waals surface area contributed by atoms with Crippen molar-refractivity contribution >= 4 is 5.78 Å². The van der Waals surface area contributed by atoms with Gasteiger partial charge in [-0.2, -0.15) is 0 Å². The number of hydrogen-bond acceptors (Lipinski definition) is 3. The third-order valence-corrected chi connectivity index (χ3v) is 3.10. The Morgan fingerprint density at radius 2 is 2.00 bits per heavy atom. The summed E-state index contributed by atoms with van der Waals surface area (Å²) in [6.45, 7) is 2.11. The molecular weight excluding hydrogens is 226 g/mol. The van der Waals surface area contributed by atoms with Crippen molar-refractivity contribution in [3.05, 3.63) is 29.8 Å². The summed E-state index contributed by atoms with van der Waals surface area (Å²) >= 11 is 0. The van der Waals surface area contributed by atoms with Crippen LogP contribution in [0.25, 0.3) is 0 Å². The van der Waals surface area contributed by atoms with Crippen LogP contribution >= 0.6 is 0 Å². The van der Waals surface area contributed by atoms with Crippen LogP contribution in [0.1, 0.15) is 38.2 Å². The Balaban J connectivity index is 2.37. The molecule has 0 spiro atoms. The zero-order valence-electron chi connectivity index (χ0n) is 11.3. The lowest BCUT2D eigenvalue weighted by Gasteiger charge is -2.09. The molecule has 1 aromatic carbocycles. The number of rotatable bonds is 8. The Labute approximate surface area is 109 Å². The lowest BCUT2D eigenvalue weighted by Crippen LogP contribution is -2.30. The molecule has 18 heavy (non-hydrogen) atoms. The van der Waals surface area contributed by atoms with Crippen molar-refractivity contribution in [3.8, 4) is 5.75 Å². The van der Waals surface area contributed by atoms with Crippen LogP contribution in [0.5, 0.6) is 5.75 Å². The number of Topliss-reactive ketones (excluding diaryl/α,β-unsaturated/α-hetero) is 1. The summed E-state index contributed by atoms with van der Waals surface area (Å²) in [7, 11) is 1.64. The first-order valence-electron chi connectivity index (χ1n) is 6.58. The monoisotopic (exact) mass is 249 g/mol. The standard InChI is InChI=1S/C15H23NO2/c1-3-4-5-14(16)15(17)11-8-12-6-9-13(18-2)10-7-12/h6-7,9-10,14H,3-5,8,11,16H2,1-2H3. The van der Waals surface area contributed by atoms with Gasteiger partial charge in [-0.15, -0.1) is 0 Å². The maximum Gasteiger partial charge on any atom is 0.149 e. The molecule has 1 atom stereocenters. The first-order valence-corrected chi connectivity index (χ1v) is 6.58. The van der Waals surface area contributed by atoms with E-state index in [0.717, 1.165) is 37.0 Å². The highest BCUT2D eigenvalue weighted by atomic mass is 16.5. The molecule has 0 radical (unpaired) electrons. The highest BCUT2D eigenvalue weighted by Crippen LogP contribution is 2.13. The number of carbonyl (C=O) groups excluding carboxylic acids is 1. The Bertz CT molecular complexity index is 359. The predicted molar refractivity (Wildman–Crippen MR) is 73.8 cm³/mol. The molecule has 100 valence electrons. The Hall–Kier alpha value is -1.35.